The second kappa shape index (κ2) is 10.9. The van der Waals surface area contributed by atoms with E-state index in [2.05, 4.69) is 37.4 Å². The van der Waals surface area contributed by atoms with Crippen LogP contribution in [0, 0.1) is 5.92 Å². The lowest BCUT2D eigenvalue weighted by Gasteiger charge is -2.15. The van der Waals surface area contributed by atoms with Gasteiger partial charge in [0.25, 0.3) is 0 Å². The van der Waals surface area contributed by atoms with Gasteiger partial charge in [0.2, 0.25) is 0 Å². The van der Waals surface area contributed by atoms with Gasteiger partial charge in [-0.25, -0.2) is 0 Å². The van der Waals surface area contributed by atoms with Gasteiger partial charge < -0.3 is 19.2 Å². The smallest absolute Gasteiger partial charge is 0.161 e. The van der Waals surface area contributed by atoms with Crippen molar-refractivity contribution >= 4 is 0 Å². The first kappa shape index (κ1) is 20.4. The van der Waals surface area contributed by atoms with Gasteiger partial charge in [-0.15, -0.1) is 0 Å². The zero-order chi connectivity index (χ0) is 18.8. The highest BCUT2D eigenvalue weighted by atomic mass is 16.5. The summed E-state index contributed by atoms with van der Waals surface area (Å²) in [4.78, 5) is 0. The van der Waals surface area contributed by atoms with Crippen LogP contribution in [-0.2, 0) is 6.54 Å². The van der Waals surface area contributed by atoms with E-state index in [0.717, 1.165) is 42.7 Å². The molecule has 0 saturated carbocycles. The van der Waals surface area contributed by atoms with Crippen molar-refractivity contribution in [1.82, 2.24) is 0 Å². The molecule has 1 atom stereocenters. The van der Waals surface area contributed by atoms with Crippen LogP contribution in [0.4, 0.5) is 0 Å². The molecule has 144 valence electrons. The first-order valence-electron chi connectivity index (χ1n) is 9.78. The summed E-state index contributed by atoms with van der Waals surface area (Å²) < 4.78 is 16.7. The summed E-state index contributed by atoms with van der Waals surface area (Å²) in [6.07, 6.45) is 5.35. The van der Waals surface area contributed by atoms with E-state index < -0.39 is 0 Å². The molecule has 0 aliphatic heterocycles. The molecule has 0 aliphatic carbocycles. The van der Waals surface area contributed by atoms with Crippen molar-refractivity contribution < 1.29 is 19.2 Å². The van der Waals surface area contributed by atoms with Crippen LogP contribution < -0.4 is 14.8 Å². The molecule has 0 bridgehead atoms. The lowest BCUT2D eigenvalue weighted by molar-refractivity contribution is -0.671. The maximum Gasteiger partial charge on any atom is 0.161 e. The topological polar surface area (TPSA) is 48.2 Å². The van der Waals surface area contributed by atoms with Gasteiger partial charge in [0.1, 0.15) is 12.3 Å². The molecular formula is C22H34NO3+. The van der Waals surface area contributed by atoms with Crippen LogP contribution in [0.3, 0.4) is 0 Å². The Kier molecular flexibility index (Phi) is 8.56. The van der Waals surface area contributed by atoms with E-state index >= 15 is 0 Å². The van der Waals surface area contributed by atoms with Crippen molar-refractivity contribution in [3.63, 3.8) is 0 Å². The Morgan fingerprint density at radius 2 is 1.92 bits per heavy atom. The fraction of sp³-hybridized carbons (Fsp3) is 0.545. The van der Waals surface area contributed by atoms with E-state index in [4.69, 9.17) is 13.9 Å². The first-order valence-corrected chi connectivity index (χ1v) is 9.78. The highest BCUT2D eigenvalue weighted by Crippen LogP contribution is 2.28. The highest BCUT2D eigenvalue weighted by Gasteiger charge is 2.16. The maximum atomic E-state index is 5.67. The summed E-state index contributed by atoms with van der Waals surface area (Å²) in [6.45, 7) is 9.22. The predicted octanol–water partition coefficient (Wildman–Crippen LogP) is 4.36. The molecular weight excluding hydrogens is 326 g/mol. The van der Waals surface area contributed by atoms with Crippen molar-refractivity contribution in [2.75, 3.05) is 20.3 Å². The molecule has 2 N–H and O–H groups in total. The van der Waals surface area contributed by atoms with E-state index in [0.29, 0.717) is 12.5 Å². The second-order valence-corrected chi connectivity index (χ2v) is 7.17. The largest absolute Gasteiger partial charge is 0.493 e. The molecule has 4 nitrogen and oxygen atoms in total. The van der Waals surface area contributed by atoms with Crippen LogP contribution >= 0.6 is 0 Å². The molecule has 0 saturated heterocycles. The zero-order valence-electron chi connectivity index (χ0n) is 16.7. The fourth-order valence-electron chi connectivity index (χ4n) is 3.19. The average molecular weight is 361 g/mol. The third-order valence-electron chi connectivity index (χ3n) is 4.67. The number of hydrogen-bond acceptors (Lipinski definition) is 3. The van der Waals surface area contributed by atoms with Crippen molar-refractivity contribution in [3.05, 3.63) is 47.9 Å². The number of furan rings is 1. The van der Waals surface area contributed by atoms with Crippen LogP contribution in [0.25, 0.3) is 0 Å². The van der Waals surface area contributed by atoms with Gasteiger partial charge >= 0.3 is 0 Å². The summed E-state index contributed by atoms with van der Waals surface area (Å²) in [6, 6.07) is 10.3. The molecule has 1 heterocycles. The van der Waals surface area contributed by atoms with Crippen molar-refractivity contribution in [2.24, 2.45) is 5.92 Å². The van der Waals surface area contributed by atoms with E-state index in [1.54, 1.807) is 13.4 Å². The standard InChI is InChI=1S/C22H33NO3/c1-5-25-21-11-9-18(15-22(21)24-4)16-23-13-12-19(10-8-17(2)3)20-7-6-14-26-20/h6-7,9,11,14-15,17,19,23H,5,8,10,12-13,16H2,1-4H3/p+1/t19-/m1/s1. The molecule has 0 unspecified atom stereocenters. The molecule has 26 heavy (non-hydrogen) atoms. The number of rotatable bonds is 12. The molecule has 4 heteroatoms. The Balaban J connectivity index is 1.84. The summed E-state index contributed by atoms with van der Waals surface area (Å²) >= 11 is 0. The molecule has 2 rings (SSSR count). The van der Waals surface area contributed by atoms with Crippen LogP contribution in [-0.4, -0.2) is 20.3 Å². The lowest BCUT2D eigenvalue weighted by atomic mass is 9.93. The first-order chi connectivity index (χ1) is 12.6. The Morgan fingerprint density at radius 3 is 2.58 bits per heavy atom. The van der Waals surface area contributed by atoms with E-state index in [1.807, 2.05) is 19.1 Å². The summed E-state index contributed by atoms with van der Waals surface area (Å²) in [5.41, 5.74) is 1.25. The number of nitrogens with two attached hydrogens (primary N) is 1. The molecule has 0 aliphatic rings. The van der Waals surface area contributed by atoms with Crippen LogP contribution in [0.5, 0.6) is 11.5 Å². The average Bonchev–Trinajstić information content (AvgIpc) is 3.16. The van der Waals surface area contributed by atoms with Crippen LogP contribution in [0.15, 0.2) is 41.0 Å². The Bertz CT molecular complexity index is 622. The van der Waals surface area contributed by atoms with Gasteiger partial charge in [0, 0.05) is 17.9 Å². The van der Waals surface area contributed by atoms with E-state index in [9.17, 15) is 0 Å². The minimum Gasteiger partial charge on any atom is -0.493 e. The van der Waals surface area contributed by atoms with E-state index in [-0.39, 0.29) is 0 Å². The number of methoxy groups -OCH3 is 1. The van der Waals surface area contributed by atoms with Crippen LogP contribution in [0.2, 0.25) is 0 Å². The maximum absolute atomic E-state index is 5.67. The monoisotopic (exact) mass is 360 g/mol. The number of quaternary nitrogens is 1. The minimum absolute atomic E-state index is 0.513. The van der Waals surface area contributed by atoms with Gasteiger partial charge in [0.15, 0.2) is 11.5 Å². The van der Waals surface area contributed by atoms with Gasteiger partial charge in [0.05, 0.1) is 26.5 Å². The quantitative estimate of drug-likeness (QED) is 0.572. The van der Waals surface area contributed by atoms with Gasteiger partial charge in [-0.1, -0.05) is 20.3 Å². The van der Waals surface area contributed by atoms with Crippen molar-refractivity contribution in [3.8, 4) is 11.5 Å². The molecule has 0 amide bonds. The summed E-state index contributed by atoms with van der Waals surface area (Å²) in [5, 5.41) is 2.36. The molecule has 1 aromatic carbocycles. The predicted molar refractivity (Wildman–Crippen MR) is 105 cm³/mol. The Morgan fingerprint density at radius 1 is 1.08 bits per heavy atom. The Hall–Kier alpha value is -1.94. The molecule has 0 radical (unpaired) electrons. The second-order valence-electron chi connectivity index (χ2n) is 7.17. The lowest BCUT2D eigenvalue weighted by Crippen LogP contribution is -2.82. The fourth-order valence-corrected chi connectivity index (χ4v) is 3.19. The number of benzene rings is 1. The highest BCUT2D eigenvalue weighted by molar-refractivity contribution is 5.42. The summed E-state index contributed by atoms with van der Waals surface area (Å²) in [7, 11) is 1.69. The SMILES string of the molecule is CCOc1ccc(C[NH2+]CC[C@@H](CCC(C)C)c2ccco2)cc1OC. The Labute approximate surface area is 157 Å². The minimum atomic E-state index is 0.513. The van der Waals surface area contributed by atoms with Crippen LogP contribution in [0.1, 0.15) is 57.3 Å². The number of hydrogen-bond donors (Lipinski definition) is 1. The van der Waals surface area contributed by atoms with Gasteiger partial charge in [-0.2, -0.15) is 0 Å². The van der Waals surface area contributed by atoms with Crippen molar-refractivity contribution in [1.29, 1.82) is 0 Å². The van der Waals surface area contributed by atoms with E-state index in [1.165, 1.54) is 18.4 Å². The molecule has 1 aromatic heterocycles. The normalized spacial score (nSPS) is 12.3. The number of ether oxygens (including phenoxy) is 2. The van der Waals surface area contributed by atoms with Crippen molar-refractivity contribution in [2.45, 2.75) is 52.5 Å². The van der Waals surface area contributed by atoms with Gasteiger partial charge in [-0.05, 0) is 49.6 Å². The zero-order valence-corrected chi connectivity index (χ0v) is 16.7. The van der Waals surface area contributed by atoms with Gasteiger partial charge in [-0.3, -0.25) is 0 Å². The molecule has 0 fully saturated rings. The molecule has 2 aromatic rings. The summed E-state index contributed by atoms with van der Waals surface area (Å²) in [5.74, 6) is 3.99. The third kappa shape index (κ3) is 6.41. The third-order valence-corrected chi connectivity index (χ3v) is 4.67. The molecule has 0 spiro atoms.